The van der Waals surface area contributed by atoms with E-state index >= 15 is 0 Å². The largest absolute Gasteiger partial charge is 0.481 e. The van der Waals surface area contributed by atoms with Gasteiger partial charge in [-0.05, 0) is 24.1 Å². The van der Waals surface area contributed by atoms with Gasteiger partial charge < -0.3 is 15.1 Å². The zero-order chi connectivity index (χ0) is 19.0. The monoisotopic (exact) mass is 367 g/mol. The molecule has 136 valence electrons. The van der Waals surface area contributed by atoms with E-state index in [0.717, 1.165) is 22.2 Å². The fourth-order valence-electron chi connectivity index (χ4n) is 2.11. The Morgan fingerprint density at radius 3 is 2.16 bits per heavy atom. The minimum Gasteiger partial charge on any atom is -0.481 e. The van der Waals surface area contributed by atoms with E-state index in [1.54, 1.807) is 31.2 Å². The summed E-state index contributed by atoms with van der Waals surface area (Å²) >= 11 is 1.02. The highest BCUT2D eigenvalue weighted by Crippen LogP contribution is 2.20. The van der Waals surface area contributed by atoms with E-state index in [1.807, 2.05) is 0 Å². The molecule has 7 nitrogen and oxygen atoms in total. The van der Waals surface area contributed by atoms with Crippen molar-refractivity contribution in [3.8, 4) is 0 Å². The number of hydrogen-bond donors (Lipinski definition) is 2. The number of thioether (sulfide) groups is 1. The Kier molecular flexibility index (Phi) is 8.13. The molecule has 2 N–H and O–H groups in total. The summed E-state index contributed by atoms with van der Waals surface area (Å²) in [5.74, 6) is -2.66. The SMILES string of the molecule is CC(=O)SCC(C)C(=O)N(CC(=O)O)c1ccc(CCC(=O)O)cc1. The van der Waals surface area contributed by atoms with E-state index in [0.29, 0.717) is 12.1 Å². The van der Waals surface area contributed by atoms with Crippen LogP contribution in [0.4, 0.5) is 5.69 Å². The first-order valence-electron chi connectivity index (χ1n) is 7.68. The molecule has 1 unspecified atom stereocenters. The lowest BCUT2D eigenvalue weighted by Crippen LogP contribution is -2.39. The van der Waals surface area contributed by atoms with Crippen molar-refractivity contribution in [2.75, 3.05) is 17.2 Å². The van der Waals surface area contributed by atoms with Gasteiger partial charge in [0.2, 0.25) is 5.91 Å². The van der Waals surface area contributed by atoms with E-state index in [4.69, 9.17) is 10.2 Å². The van der Waals surface area contributed by atoms with Gasteiger partial charge in [-0.15, -0.1) is 0 Å². The lowest BCUT2D eigenvalue weighted by Gasteiger charge is -2.24. The highest BCUT2D eigenvalue weighted by molar-refractivity contribution is 8.13. The van der Waals surface area contributed by atoms with Gasteiger partial charge in [0, 0.05) is 30.7 Å². The molecule has 0 saturated carbocycles. The van der Waals surface area contributed by atoms with Gasteiger partial charge in [-0.3, -0.25) is 19.2 Å². The fraction of sp³-hybridized carbons (Fsp3) is 0.412. The quantitative estimate of drug-likeness (QED) is 0.687. The van der Waals surface area contributed by atoms with E-state index in [1.165, 1.54) is 6.92 Å². The van der Waals surface area contributed by atoms with Crippen molar-refractivity contribution in [1.29, 1.82) is 0 Å². The Bertz CT molecular complexity index is 643. The average Bonchev–Trinajstić information content (AvgIpc) is 2.55. The van der Waals surface area contributed by atoms with Crippen LogP contribution in [0.5, 0.6) is 0 Å². The molecule has 1 rings (SSSR count). The number of rotatable bonds is 9. The number of hydrogen-bond acceptors (Lipinski definition) is 5. The van der Waals surface area contributed by atoms with Crippen LogP contribution in [0.1, 0.15) is 25.8 Å². The maximum absolute atomic E-state index is 12.6. The van der Waals surface area contributed by atoms with Crippen LogP contribution in [0.15, 0.2) is 24.3 Å². The minimum absolute atomic E-state index is 0.00355. The van der Waals surface area contributed by atoms with E-state index in [9.17, 15) is 19.2 Å². The summed E-state index contributed by atoms with van der Waals surface area (Å²) in [7, 11) is 0. The number of carboxylic acid groups (broad SMARTS) is 2. The first-order valence-corrected chi connectivity index (χ1v) is 8.66. The second-order valence-corrected chi connectivity index (χ2v) is 6.78. The summed E-state index contributed by atoms with van der Waals surface area (Å²) in [5.41, 5.74) is 1.21. The molecule has 0 aliphatic heterocycles. The van der Waals surface area contributed by atoms with Crippen LogP contribution in [0.3, 0.4) is 0 Å². The number of aliphatic carboxylic acids is 2. The van der Waals surface area contributed by atoms with Crippen LogP contribution in [0, 0.1) is 5.92 Å². The molecular weight excluding hydrogens is 346 g/mol. The molecule has 0 spiro atoms. The summed E-state index contributed by atoms with van der Waals surface area (Å²) in [5, 5.41) is 17.7. The van der Waals surface area contributed by atoms with Crippen LogP contribution in [0.2, 0.25) is 0 Å². The van der Waals surface area contributed by atoms with Crippen molar-refractivity contribution in [3.05, 3.63) is 29.8 Å². The number of nitrogens with zero attached hydrogens (tertiary/aromatic N) is 1. The first kappa shape index (κ1) is 20.7. The molecule has 0 aromatic heterocycles. The normalized spacial score (nSPS) is 11.6. The second-order valence-electron chi connectivity index (χ2n) is 5.58. The summed E-state index contributed by atoms with van der Waals surface area (Å²) in [6.07, 6.45) is 0.352. The van der Waals surface area contributed by atoms with Crippen molar-refractivity contribution >= 4 is 40.4 Å². The molecule has 0 saturated heterocycles. The van der Waals surface area contributed by atoms with Crippen molar-refractivity contribution in [2.45, 2.75) is 26.7 Å². The molecule has 25 heavy (non-hydrogen) atoms. The van der Waals surface area contributed by atoms with Crippen molar-refractivity contribution in [3.63, 3.8) is 0 Å². The third-order valence-electron chi connectivity index (χ3n) is 3.39. The zero-order valence-electron chi connectivity index (χ0n) is 14.1. The van der Waals surface area contributed by atoms with Crippen LogP contribution in [-0.4, -0.2) is 45.5 Å². The number of carbonyl (C=O) groups is 4. The first-order chi connectivity index (χ1) is 11.7. The Morgan fingerprint density at radius 2 is 1.68 bits per heavy atom. The molecule has 8 heteroatoms. The summed E-state index contributed by atoms with van der Waals surface area (Å²) in [6, 6.07) is 6.55. The number of carbonyl (C=O) groups excluding carboxylic acids is 2. The van der Waals surface area contributed by atoms with E-state index in [-0.39, 0.29) is 23.2 Å². The van der Waals surface area contributed by atoms with Gasteiger partial charge in [-0.1, -0.05) is 30.8 Å². The molecule has 1 amide bonds. The number of aryl methyl sites for hydroxylation is 1. The molecule has 0 bridgehead atoms. The van der Waals surface area contributed by atoms with Crippen molar-refractivity contribution in [1.82, 2.24) is 0 Å². The van der Waals surface area contributed by atoms with Gasteiger partial charge in [0.1, 0.15) is 6.54 Å². The van der Waals surface area contributed by atoms with Crippen molar-refractivity contribution < 1.29 is 29.4 Å². The predicted octanol–water partition coefficient (Wildman–Crippen LogP) is 2.04. The molecule has 0 aliphatic rings. The summed E-state index contributed by atoms with van der Waals surface area (Å²) in [6.45, 7) is 2.57. The molecule has 0 fully saturated rings. The maximum Gasteiger partial charge on any atom is 0.323 e. The highest BCUT2D eigenvalue weighted by Gasteiger charge is 2.24. The summed E-state index contributed by atoms with van der Waals surface area (Å²) < 4.78 is 0. The highest BCUT2D eigenvalue weighted by atomic mass is 32.2. The molecular formula is C17H21NO6S. The Balaban J connectivity index is 2.90. The van der Waals surface area contributed by atoms with Gasteiger partial charge in [0.05, 0.1) is 0 Å². The second kappa shape index (κ2) is 9.83. The van der Waals surface area contributed by atoms with Crippen LogP contribution in [0.25, 0.3) is 0 Å². The van der Waals surface area contributed by atoms with Gasteiger partial charge >= 0.3 is 11.9 Å². The lowest BCUT2D eigenvalue weighted by atomic mass is 10.1. The van der Waals surface area contributed by atoms with Gasteiger partial charge in [-0.2, -0.15) is 0 Å². The standard InChI is InChI=1S/C17H21NO6S/c1-11(10-25-12(2)19)17(24)18(9-16(22)23)14-6-3-13(4-7-14)5-8-15(20)21/h3-4,6-7,11H,5,8-10H2,1-2H3,(H,20,21)(H,22,23). The Labute approximate surface area is 150 Å². The topological polar surface area (TPSA) is 112 Å². The molecule has 1 aromatic rings. The van der Waals surface area contributed by atoms with E-state index in [2.05, 4.69) is 0 Å². The Hall–Kier alpha value is -2.35. The molecule has 1 atom stereocenters. The Morgan fingerprint density at radius 1 is 1.08 bits per heavy atom. The van der Waals surface area contributed by atoms with Gasteiger partial charge in [-0.25, -0.2) is 0 Å². The number of amides is 1. The maximum atomic E-state index is 12.6. The fourth-order valence-corrected chi connectivity index (χ4v) is 2.73. The lowest BCUT2D eigenvalue weighted by molar-refractivity contribution is -0.137. The molecule has 0 aliphatic carbocycles. The number of benzene rings is 1. The van der Waals surface area contributed by atoms with Crippen LogP contribution < -0.4 is 4.90 Å². The molecule has 1 aromatic carbocycles. The van der Waals surface area contributed by atoms with Crippen LogP contribution >= 0.6 is 11.8 Å². The predicted molar refractivity (Wildman–Crippen MR) is 94.7 cm³/mol. The molecule has 0 radical (unpaired) electrons. The number of carboxylic acids is 2. The molecule has 0 heterocycles. The smallest absolute Gasteiger partial charge is 0.323 e. The third-order valence-corrected chi connectivity index (χ3v) is 4.47. The average molecular weight is 367 g/mol. The van der Waals surface area contributed by atoms with Gasteiger partial charge in [0.25, 0.3) is 0 Å². The summed E-state index contributed by atoms with van der Waals surface area (Å²) in [4.78, 5) is 46.5. The zero-order valence-corrected chi connectivity index (χ0v) is 14.9. The minimum atomic E-state index is -1.14. The van der Waals surface area contributed by atoms with E-state index < -0.39 is 24.4 Å². The third kappa shape index (κ3) is 7.38. The van der Waals surface area contributed by atoms with Crippen LogP contribution in [-0.2, 0) is 25.6 Å². The van der Waals surface area contributed by atoms with Crippen molar-refractivity contribution in [2.24, 2.45) is 5.92 Å². The van der Waals surface area contributed by atoms with Gasteiger partial charge in [0.15, 0.2) is 5.12 Å². The number of anilines is 1.